The number of nitrogens with one attached hydrogen (secondary N) is 1. The molecular weight excluding hydrogens is 260 g/mol. The molecule has 3 nitrogen and oxygen atoms in total. The molecule has 3 heteroatoms. The van der Waals surface area contributed by atoms with Crippen molar-refractivity contribution in [3.05, 3.63) is 29.8 Å². The lowest BCUT2D eigenvalue weighted by Crippen LogP contribution is -2.39. The van der Waals surface area contributed by atoms with Crippen molar-refractivity contribution in [2.75, 3.05) is 20.7 Å². The molecule has 1 N–H and O–H groups in total. The zero-order chi connectivity index (χ0) is 15.1. The van der Waals surface area contributed by atoms with E-state index in [9.17, 15) is 0 Å². The Morgan fingerprint density at radius 3 is 2.38 bits per heavy atom. The fraction of sp³-hybridized carbons (Fsp3) is 0.667. The fourth-order valence-electron chi connectivity index (χ4n) is 3.13. The molecule has 118 valence electrons. The van der Waals surface area contributed by atoms with Crippen molar-refractivity contribution in [1.29, 1.82) is 0 Å². The Balaban J connectivity index is 1.81. The van der Waals surface area contributed by atoms with Gasteiger partial charge >= 0.3 is 0 Å². The zero-order valence-electron chi connectivity index (χ0n) is 13.8. The molecule has 0 spiro atoms. The number of hydrogen-bond donors (Lipinski definition) is 1. The first-order valence-electron chi connectivity index (χ1n) is 8.32. The van der Waals surface area contributed by atoms with E-state index in [0.29, 0.717) is 0 Å². The van der Waals surface area contributed by atoms with E-state index in [-0.39, 0.29) is 0 Å². The minimum absolute atomic E-state index is 0.727. The quantitative estimate of drug-likeness (QED) is 0.832. The largest absolute Gasteiger partial charge is 0.494 e. The highest BCUT2D eigenvalue weighted by atomic mass is 16.5. The van der Waals surface area contributed by atoms with Gasteiger partial charge in [-0.3, -0.25) is 4.90 Å². The second kappa shape index (κ2) is 8.40. The second-order valence-electron chi connectivity index (χ2n) is 6.20. The van der Waals surface area contributed by atoms with E-state index < -0.39 is 0 Å². The average molecular weight is 290 g/mol. The molecule has 0 aromatic heterocycles. The fourth-order valence-corrected chi connectivity index (χ4v) is 3.13. The van der Waals surface area contributed by atoms with Crippen LogP contribution in [0.15, 0.2) is 24.3 Å². The van der Waals surface area contributed by atoms with Gasteiger partial charge in [0.25, 0.3) is 0 Å². The van der Waals surface area contributed by atoms with Gasteiger partial charge in [-0.1, -0.05) is 19.1 Å². The summed E-state index contributed by atoms with van der Waals surface area (Å²) in [5, 5.41) is 3.40. The maximum absolute atomic E-state index is 5.64. The highest BCUT2D eigenvalue weighted by Crippen LogP contribution is 2.23. The molecule has 0 saturated heterocycles. The summed E-state index contributed by atoms with van der Waals surface area (Å²) in [5.41, 5.74) is 1.37. The van der Waals surface area contributed by atoms with Crippen molar-refractivity contribution < 1.29 is 4.74 Å². The van der Waals surface area contributed by atoms with Gasteiger partial charge in [-0.05, 0) is 63.9 Å². The van der Waals surface area contributed by atoms with Crippen LogP contribution in [-0.4, -0.2) is 37.7 Å². The predicted octanol–water partition coefficient (Wildman–Crippen LogP) is 3.44. The molecule has 0 heterocycles. The van der Waals surface area contributed by atoms with Crippen LogP contribution >= 0.6 is 0 Å². The summed E-state index contributed by atoms with van der Waals surface area (Å²) in [6.45, 7) is 3.96. The standard InChI is InChI=1S/C18H30N2O/c1-4-13-21-18-11-5-15(6-12-18)14-20(3)17-9-7-16(19-2)8-10-17/h5-6,11-12,16-17,19H,4,7-10,13-14H2,1-3H3. The van der Waals surface area contributed by atoms with Gasteiger partial charge in [0.2, 0.25) is 0 Å². The molecule has 0 unspecified atom stereocenters. The summed E-state index contributed by atoms with van der Waals surface area (Å²) in [6.07, 6.45) is 6.27. The Morgan fingerprint density at radius 2 is 1.81 bits per heavy atom. The van der Waals surface area contributed by atoms with E-state index in [1.807, 2.05) is 0 Å². The third kappa shape index (κ3) is 5.01. The van der Waals surface area contributed by atoms with Gasteiger partial charge < -0.3 is 10.1 Å². The summed E-state index contributed by atoms with van der Waals surface area (Å²) in [5.74, 6) is 0.984. The summed E-state index contributed by atoms with van der Waals surface area (Å²) in [7, 11) is 4.34. The molecular formula is C18H30N2O. The van der Waals surface area contributed by atoms with Crippen LogP contribution < -0.4 is 10.1 Å². The second-order valence-corrected chi connectivity index (χ2v) is 6.20. The molecule has 0 bridgehead atoms. The first-order valence-corrected chi connectivity index (χ1v) is 8.32. The number of hydrogen-bond acceptors (Lipinski definition) is 3. The van der Waals surface area contributed by atoms with Crippen LogP contribution in [0.25, 0.3) is 0 Å². The molecule has 1 fully saturated rings. The van der Waals surface area contributed by atoms with Crippen molar-refractivity contribution in [2.45, 2.75) is 57.7 Å². The topological polar surface area (TPSA) is 24.5 Å². The lowest BCUT2D eigenvalue weighted by atomic mass is 9.90. The Kier molecular flexibility index (Phi) is 6.52. The van der Waals surface area contributed by atoms with Crippen LogP contribution in [0.5, 0.6) is 5.75 Å². The molecule has 1 saturated carbocycles. The minimum atomic E-state index is 0.727. The van der Waals surface area contributed by atoms with Crippen LogP contribution in [0.2, 0.25) is 0 Å². The molecule has 1 aromatic carbocycles. The molecule has 1 aromatic rings. The minimum Gasteiger partial charge on any atom is -0.494 e. The molecule has 0 amide bonds. The molecule has 2 rings (SSSR count). The van der Waals surface area contributed by atoms with Gasteiger partial charge in [0.05, 0.1) is 6.61 Å². The summed E-state index contributed by atoms with van der Waals surface area (Å²) < 4.78 is 5.64. The first kappa shape index (κ1) is 16.3. The van der Waals surface area contributed by atoms with Crippen LogP contribution in [0, 0.1) is 0 Å². The number of rotatable bonds is 7. The molecule has 0 atom stereocenters. The third-order valence-corrected chi connectivity index (χ3v) is 4.56. The van der Waals surface area contributed by atoms with Crippen LogP contribution in [0.3, 0.4) is 0 Å². The molecule has 1 aliphatic rings. The number of benzene rings is 1. The highest BCUT2D eigenvalue weighted by Gasteiger charge is 2.22. The summed E-state index contributed by atoms with van der Waals surface area (Å²) in [6, 6.07) is 10.0. The Morgan fingerprint density at radius 1 is 1.14 bits per heavy atom. The van der Waals surface area contributed by atoms with Gasteiger partial charge in [0.15, 0.2) is 0 Å². The lowest BCUT2D eigenvalue weighted by molar-refractivity contribution is 0.170. The van der Waals surface area contributed by atoms with E-state index in [2.05, 4.69) is 55.5 Å². The van der Waals surface area contributed by atoms with Crippen LogP contribution in [-0.2, 0) is 6.54 Å². The van der Waals surface area contributed by atoms with Crippen molar-refractivity contribution >= 4 is 0 Å². The van der Waals surface area contributed by atoms with Gasteiger partial charge in [0, 0.05) is 18.6 Å². The Bertz CT molecular complexity index is 396. The van der Waals surface area contributed by atoms with Crippen LogP contribution in [0.1, 0.15) is 44.6 Å². The van der Waals surface area contributed by atoms with E-state index in [1.54, 1.807) is 0 Å². The Hall–Kier alpha value is -1.06. The van der Waals surface area contributed by atoms with E-state index in [0.717, 1.165) is 37.4 Å². The highest BCUT2D eigenvalue weighted by molar-refractivity contribution is 5.27. The predicted molar refractivity (Wildman–Crippen MR) is 88.8 cm³/mol. The third-order valence-electron chi connectivity index (χ3n) is 4.56. The van der Waals surface area contributed by atoms with Gasteiger partial charge in [-0.2, -0.15) is 0 Å². The van der Waals surface area contributed by atoms with E-state index in [4.69, 9.17) is 4.74 Å². The summed E-state index contributed by atoms with van der Waals surface area (Å²) in [4.78, 5) is 2.51. The molecule has 0 radical (unpaired) electrons. The molecule has 21 heavy (non-hydrogen) atoms. The summed E-state index contributed by atoms with van der Waals surface area (Å²) >= 11 is 0. The maximum Gasteiger partial charge on any atom is 0.119 e. The zero-order valence-corrected chi connectivity index (χ0v) is 13.8. The first-order chi connectivity index (χ1) is 10.2. The van der Waals surface area contributed by atoms with Crippen molar-refractivity contribution in [3.63, 3.8) is 0 Å². The smallest absolute Gasteiger partial charge is 0.119 e. The van der Waals surface area contributed by atoms with Crippen LogP contribution in [0.4, 0.5) is 0 Å². The SMILES string of the molecule is CCCOc1ccc(CN(C)C2CCC(NC)CC2)cc1. The normalized spacial score (nSPS) is 22.5. The van der Waals surface area contributed by atoms with Crippen molar-refractivity contribution in [3.8, 4) is 5.75 Å². The van der Waals surface area contributed by atoms with Gasteiger partial charge in [-0.25, -0.2) is 0 Å². The monoisotopic (exact) mass is 290 g/mol. The average Bonchev–Trinajstić information content (AvgIpc) is 2.54. The molecule has 0 aliphatic heterocycles. The maximum atomic E-state index is 5.64. The van der Waals surface area contributed by atoms with E-state index in [1.165, 1.54) is 31.2 Å². The van der Waals surface area contributed by atoms with Gasteiger partial charge in [-0.15, -0.1) is 0 Å². The number of ether oxygens (including phenoxy) is 1. The van der Waals surface area contributed by atoms with Crippen molar-refractivity contribution in [1.82, 2.24) is 10.2 Å². The van der Waals surface area contributed by atoms with E-state index >= 15 is 0 Å². The lowest BCUT2D eigenvalue weighted by Gasteiger charge is -2.34. The van der Waals surface area contributed by atoms with Crippen molar-refractivity contribution in [2.24, 2.45) is 0 Å². The molecule has 1 aliphatic carbocycles. The Labute approximate surface area is 129 Å². The number of nitrogens with zero attached hydrogens (tertiary/aromatic N) is 1. The van der Waals surface area contributed by atoms with Gasteiger partial charge in [0.1, 0.15) is 5.75 Å².